The van der Waals surface area contributed by atoms with E-state index in [1.54, 1.807) is 36.4 Å². The molecular weight excluding hydrogens is 428 g/mol. The highest BCUT2D eigenvalue weighted by Crippen LogP contribution is 2.22. The number of hydrogen-bond acceptors (Lipinski definition) is 4. The van der Waals surface area contributed by atoms with Gasteiger partial charge in [0.25, 0.3) is 5.91 Å². The molecule has 0 aromatic heterocycles. The monoisotopic (exact) mass is 448 g/mol. The van der Waals surface area contributed by atoms with Gasteiger partial charge in [0.15, 0.2) is 0 Å². The smallest absolute Gasteiger partial charge is 0.337 e. The van der Waals surface area contributed by atoms with Crippen molar-refractivity contribution in [3.8, 4) is 11.8 Å². The van der Waals surface area contributed by atoms with Gasteiger partial charge in [-0.2, -0.15) is 5.26 Å². The molecule has 1 amide bonds. The quantitative estimate of drug-likeness (QED) is 0.281. The highest BCUT2D eigenvalue weighted by molar-refractivity contribution is 6.11. The normalized spacial score (nSPS) is 11.0. The second kappa shape index (κ2) is 10.2. The molecule has 0 spiro atoms. The number of carbonyl (C=O) groups is 2. The molecule has 6 nitrogen and oxygen atoms in total. The summed E-state index contributed by atoms with van der Waals surface area (Å²) in [6, 6.07) is 29.1. The van der Waals surface area contributed by atoms with Crippen molar-refractivity contribution in [2.24, 2.45) is 0 Å². The van der Waals surface area contributed by atoms with Gasteiger partial charge in [0.2, 0.25) is 0 Å². The second-order valence-electron chi connectivity index (χ2n) is 7.47. The van der Waals surface area contributed by atoms with Gasteiger partial charge in [0.1, 0.15) is 24.0 Å². The number of hydrogen-bond donors (Lipinski definition) is 2. The molecule has 0 heterocycles. The average Bonchev–Trinajstić information content (AvgIpc) is 2.86. The molecule has 0 aliphatic carbocycles. The zero-order chi connectivity index (χ0) is 23.9. The summed E-state index contributed by atoms with van der Waals surface area (Å²) in [5.74, 6) is -1.27. The van der Waals surface area contributed by atoms with Crippen molar-refractivity contribution < 1.29 is 19.4 Å². The molecule has 0 fully saturated rings. The first kappa shape index (κ1) is 22.3. The largest absolute Gasteiger partial charge is 0.489 e. The number of nitriles is 1. The summed E-state index contributed by atoms with van der Waals surface area (Å²) in [6.07, 6.45) is 1.43. The molecule has 34 heavy (non-hydrogen) atoms. The number of fused-ring (bicyclic) bond motifs is 1. The third-order valence-corrected chi connectivity index (χ3v) is 5.21. The Balaban J connectivity index is 1.51. The molecule has 6 heteroatoms. The summed E-state index contributed by atoms with van der Waals surface area (Å²) < 4.78 is 5.98. The van der Waals surface area contributed by atoms with E-state index in [2.05, 4.69) is 5.32 Å². The minimum atomic E-state index is -1.17. The van der Waals surface area contributed by atoms with Gasteiger partial charge in [0.05, 0.1) is 11.3 Å². The fraction of sp³-hybridized carbons (Fsp3) is 0.0357. The number of aromatic carboxylic acids is 1. The zero-order valence-electron chi connectivity index (χ0n) is 18.1. The molecule has 0 aliphatic rings. The molecule has 0 atom stereocenters. The van der Waals surface area contributed by atoms with E-state index in [-0.39, 0.29) is 16.8 Å². The fourth-order valence-electron chi connectivity index (χ4n) is 3.56. The number of carboxylic acids is 1. The Morgan fingerprint density at radius 1 is 0.941 bits per heavy atom. The number of benzene rings is 4. The van der Waals surface area contributed by atoms with Crippen LogP contribution in [0, 0.1) is 11.3 Å². The topological polar surface area (TPSA) is 99.4 Å². The van der Waals surface area contributed by atoms with Crippen LogP contribution in [-0.2, 0) is 11.4 Å². The van der Waals surface area contributed by atoms with Gasteiger partial charge in [0, 0.05) is 0 Å². The van der Waals surface area contributed by atoms with E-state index in [1.165, 1.54) is 18.2 Å². The standard InChI is InChI=1S/C28H20N2O4/c29-17-22(27(31)30-26-14-4-3-13-25(26)28(32)33)15-19-7-5-11-23(16-19)34-18-21-10-6-9-20-8-1-2-12-24(20)21/h1-16H,18H2,(H,30,31)(H,32,33)/b22-15+. The molecule has 0 bridgehead atoms. The molecule has 0 aliphatic heterocycles. The number of carbonyl (C=O) groups excluding carboxylic acids is 1. The van der Waals surface area contributed by atoms with E-state index in [0.717, 1.165) is 16.3 Å². The maximum Gasteiger partial charge on any atom is 0.337 e. The number of ether oxygens (including phenoxy) is 1. The lowest BCUT2D eigenvalue weighted by Gasteiger charge is -2.10. The molecule has 4 aromatic rings. The molecule has 0 radical (unpaired) electrons. The third kappa shape index (κ3) is 5.12. The average molecular weight is 448 g/mol. The van der Waals surface area contributed by atoms with Crippen molar-refractivity contribution in [1.29, 1.82) is 5.26 Å². The number of rotatable bonds is 7. The Bertz CT molecular complexity index is 1450. The summed E-state index contributed by atoms with van der Waals surface area (Å²) in [4.78, 5) is 24.0. The molecule has 4 rings (SSSR count). The second-order valence-corrected chi connectivity index (χ2v) is 7.47. The van der Waals surface area contributed by atoms with Crippen LogP contribution >= 0.6 is 0 Å². The minimum absolute atomic E-state index is 0.0584. The molecule has 4 aromatic carbocycles. The number of amides is 1. The van der Waals surface area contributed by atoms with E-state index in [0.29, 0.717) is 17.9 Å². The maximum atomic E-state index is 12.6. The Morgan fingerprint density at radius 2 is 1.68 bits per heavy atom. The van der Waals surface area contributed by atoms with Crippen molar-refractivity contribution >= 4 is 34.4 Å². The lowest BCUT2D eigenvalue weighted by atomic mass is 10.1. The van der Waals surface area contributed by atoms with Crippen LogP contribution in [0.15, 0.2) is 96.6 Å². The first-order valence-corrected chi connectivity index (χ1v) is 10.5. The van der Waals surface area contributed by atoms with Crippen LogP contribution in [0.2, 0.25) is 0 Å². The van der Waals surface area contributed by atoms with Crippen LogP contribution in [0.1, 0.15) is 21.5 Å². The predicted molar refractivity (Wildman–Crippen MR) is 130 cm³/mol. The summed E-state index contributed by atoms with van der Waals surface area (Å²) in [5.41, 5.74) is 1.55. The van der Waals surface area contributed by atoms with Crippen LogP contribution in [0.3, 0.4) is 0 Å². The lowest BCUT2D eigenvalue weighted by Crippen LogP contribution is -2.16. The Hall–Kier alpha value is -4.89. The minimum Gasteiger partial charge on any atom is -0.489 e. The van der Waals surface area contributed by atoms with E-state index >= 15 is 0 Å². The van der Waals surface area contributed by atoms with E-state index in [4.69, 9.17) is 4.74 Å². The van der Waals surface area contributed by atoms with Gasteiger partial charge < -0.3 is 15.2 Å². The summed E-state index contributed by atoms with van der Waals surface area (Å²) >= 11 is 0. The van der Waals surface area contributed by atoms with Crippen LogP contribution in [-0.4, -0.2) is 17.0 Å². The number of anilines is 1. The lowest BCUT2D eigenvalue weighted by molar-refractivity contribution is -0.112. The van der Waals surface area contributed by atoms with Crippen molar-refractivity contribution in [2.45, 2.75) is 6.61 Å². The van der Waals surface area contributed by atoms with Gasteiger partial charge >= 0.3 is 5.97 Å². The SMILES string of the molecule is N#C/C(=C\c1cccc(OCc2cccc3ccccc23)c1)C(=O)Nc1ccccc1C(=O)O. The van der Waals surface area contributed by atoms with Gasteiger partial charge in [-0.15, -0.1) is 0 Å². The zero-order valence-corrected chi connectivity index (χ0v) is 18.1. The number of nitrogens with zero attached hydrogens (tertiary/aromatic N) is 1. The van der Waals surface area contributed by atoms with Crippen molar-refractivity contribution in [3.63, 3.8) is 0 Å². The van der Waals surface area contributed by atoms with Gasteiger partial charge in [-0.05, 0) is 52.2 Å². The molecule has 2 N–H and O–H groups in total. The van der Waals surface area contributed by atoms with Crippen molar-refractivity contribution in [1.82, 2.24) is 0 Å². The first-order chi connectivity index (χ1) is 16.5. The van der Waals surface area contributed by atoms with Crippen molar-refractivity contribution in [2.75, 3.05) is 5.32 Å². The summed E-state index contributed by atoms with van der Waals surface area (Å²) in [7, 11) is 0. The Kier molecular flexibility index (Phi) is 6.66. The van der Waals surface area contributed by atoms with Crippen LogP contribution < -0.4 is 10.1 Å². The fourth-order valence-corrected chi connectivity index (χ4v) is 3.56. The van der Waals surface area contributed by atoms with Crippen LogP contribution in [0.5, 0.6) is 5.75 Å². The van der Waals surface area contributed by atoms with Crippen molar-refractivity contribution in [3.05, 3.63) is 113 Å². The first-order valence-electron chi connectivity index (χ1n) is 10.5. The molecule has 0 unspecified atom stereocenters. The van der Waals surface area contributed by atoms with Crippen LogP contribution in [0.25, 0.3) is 16.8 Å². The van der Waals surface area contributed by atoms with Gasteiger partial charge in [-0.3, -0.25) is 4.79 Å². The number of nitrogens with one attached hydrogen (secondary N) is 1. The van der Waals surface area contributed by atoms with Crippen LogP contribution in [0.4, 0.5) is 5.69 Å². The highest BCUT2D eigenvalue weighted by Gasteiger charge is 2.15. The molecular formula is C28H20N2O4. The maximum absolute atomic E-state index is 12.6. The number of para-hydroxylation sites is 1. The highest BCUT2D eigenvalue weighted by atomic mass is 16.5. The molecule has 166 valence electrons. The van der Waals surface area contributed by atoms with Gasteiger partial charge in [-0.25, -0.2) is 4.79 Å². The summed E-state index contributed by atoms with van der Waals surface area (Å²) in [5, 5.41) is 23.5. The third-order valence-electron chi connectivity index (χ3n) is 5.21. The van der Waals surface area contributed by atoms with E-state index in [1.807, 2.05) is 48.5 Å². The molecule has 0 saturated heterocycles. The Morgan fingerprint density at radius 3 is 2.50 bits per heavy atom. The molecule has 0 saturated carbocycles. The number of carboxylic acid groups (broad SMARTS) is 1. The summed E-state index contributed by atoms with van der Waals surface area (Å²) in [6.45, 7) is 0.367. The predicted octanol–water partition coefficient (Wildman–Crippen LogP) is 5.66. The van der Waals surface area contributed by atoms with E-state index < -0.39 is 11.9 Å². The van der Waals surface area contributed by atoms with E-state index in [9.17, 15) is 20.0 Å². The van der Waals surface area contributed by atoms with Gasteiger partial charge in [-0.1, -0.05) is 66.7 Å². The Labute approximate surface area is 196 Å².